The van der Waals surface area contributed by atoms with Gasteiger partial charge in [-0.25, -0.2) is 0 Å². The summed E-state index contributed by atoms with van der Waals surface area (Å²) >= 11 is 0. The molecule has 0 atom stereocenters. The van der Waals surface area contributed by atoms with Crippen molar-refractivity contribution in [1.82, 2.24) is 0 Å². The third-order valence-electron chi connectivity index (χ3n) is 0. The molecule has 0 rings (SSSR count). The molecule has 0 unspecified atom stereocenters. The fraction of sp³-hybridized carbons (Fsp3) is 0. The Hall–Kier alpha value is 5.13. The minimum Gasteiger partial charge on any atom is -0.412 e. The molecule has 0 radical (unpaired) electrons. The molecule has 0 saturated heterocycles. The molecule has 0 aromatic rings. The van der Waals surface area contributed by atoms with E-state index in [1.807, 2.05) is 0 Å². The van der Waals surface area contributed by atoms with E-state index in [2.05, 4.69) is 0 Å². The van der Waals surface area contributed by atoms with E-state index in [0.29, 0.717) is 0 Å². The van der Waals surface area contributed by atoms with E-state index in [0.717, 1.165) is 0 Å². The second kappa shape index (κ2) is 556. The van der Waals surface area contributed by atoms with Gasteiger partial charge in [0.15, 0.2) is 0 Å². The van der Waals surface area contributed by atoms with E-state index in [-0.39, 0.29) is 241 Å². The minimum absolute atomic E-state index is 0. The van der Waals surface area contributed by atoms with E-state index in [9.17, 15) is 0 Å². The summed E-state index contributed by atoms with van der Waals surface area (Å²) in [4.78, 5) is 0. The Bertz CT molecular complexity index is 20.7. The molecule has 21 heavy (non-hydrogen) atoms. The van der Waals surface area contributed by atoms with Gasteiger partial charge in [0, 0.05) is 175 Å². The molecule has 0 aromatic heterocycles. The first-order valence-corrected chi connectivity index (χ1v) is 0. The Morgan fingerprint density at radius 3 is 0.0952 bits per heavy atom. The van der Waals surface area contributed by atoms with Crippen LogP contribution in [0, 0.1) is 0 Å². The molecule has 0 fully saturated rings. The van der Waals surface area contributed by atoms with Crippen molar-refractivity contribution >= 4 is 0 Å². The van der Waals surface area contributed by atoms with E-state index in [1.165, 1.54) is 0 Å². The van der Waals surface area contributed by atoms with Gasteiger partial charge in [0.05, 0.1) is 0 Å². The SMILES string of the molecule is O.O.O.O.O.O.O.O.O.O.O.O.[Zn].[Zn].[Zn].[Zn].[Zn].[Zn].[Zn].[Zn].[Zn]. The zero-order valence-corrected chi connectivity index (χ0v) is 39.1. The molecule has 0 aliphatic rings. The van der Waals surface area contributed by atoms with Crippen LogP contribution >= 0.6 is 0 Å². The number of hydrogen-bond acceptors (Lipinski definition) is 0. The van der Waals surface area contributed by atoms with Crippen LogP contribution in [0.1, 0.15) is 0 Å². The summed E-state index contributed by atoms with van der Waals surface area (Å²) in [7, 11) is 0. The third-order valence-corrected chi connectivity index (χ3v) is 0. The number of hydrogen-bond donors (Lipinski definition) is 0. The fourth-order valence-electron chi connectivity index (χ4n) is 0. The zero-order valence-electron chi connectivity index (χ0n) is 12.4. The average molecular weight is 805 g/mol. The van der Waals surface area contributed by atoms with E-state index >= 15 is 0 Å². The van der Waals surface area contributed by atoms with Crippen LogP contribution in [0.5, 0.6) is 0 Å². The molecule has 0 aliphatic carbocycles. The maximum atomic E-state index is 0. The van der Waals surface area contributed by atoms with Gasteiger partial charge in [-0.3, -0.25) is 0 Å². The summed E-state index contributed by atoms with van der Waals surface area (Å²) in [6, 6.07) is 0. The smallest absolute Gasteiger partial charge is 0 e. The molecule has 0 spiro atoms. The predicted molar refractivity (Wildman–Crippen MR) is 43.4 cm³/mol. The molecule has 114 valence electrons. The summed E-state index contributed by atoms with van der Waals surface area (Å²) in [6.45, 7) is 0. The summed E-state index contributed by atoms with van der Waals surface area (Å²) in [5.41, 5.74) is 0. The molecule has 0 aromatic carbocycles. The summed E-state index contributed by atoms with van der Waals surface area (Å²) in [5, 5.41) is 0. The van der Waals surface area contributed by atoms with Crippen LogP contribution in [-0.4, -0.2) is 65.7 Å². The molecule has 0 aliphatic heterocycles. The first-order chi connectivity index (χ1) is 0. The van der Waals surface area contributed by atoms with Crippen LogP contribution in [0.25, 0.3) is 0 Å². The molecular formula is H24O12Zn9. The van der Waals surface area contributed by atoms with Gasteiger partial charge in [-0.05, 0) is 0 Å². The maximum Gasteiger partial charge on any atom is 0 e. The van der Waals surface area contributed by atoms with Crippen molar-refractivity contribution in [2.45, 2.75) is 0 Å². The van der Waals surface area contributed by atoms with Gasteiger partial charge in [-0.1, -0.05) is 0 Å². The Morgan fingerprint density at radius 1 is 0.0952 bits per heavy atom. The van der Waals surface area contributed by atoms with Gasteiger partial charge in [-0.2, -0.15) is 0 Å². The Labute approximate surface area is 237 Å². The quantitative estimate of drug-likeness (QED) is 0.206. The van der Waals surface area contributed by atoms with Gasteiger partial charge in [0.2, 0.25) is 0 Å². The van der Waals surface area contributed by atoms with Gasteiger partial charge >= 0.3 is 0 Å². The first kappa shape index (κ1) is 627. The normalized spacial score (nSPS) is 0. The molecular weight excluding hydrogens is 780 g/mol. The van der Waals surface area contributed by atoms with Crippen molar-refractivity contribution < 1.29 is 241 Å². The van der Waals surface area contributed by atoms with Crippen LogP contribution in [0.3, 0.4) is 0 Å². The second-order valence-corrected chi connectivity index (χ2v) is 0. The molecule has 21 heteroatoms. The van der Waals surface area contributed by atoms with Crippen molar-refractivity contribution in [2.75, 3.05) is 0 Å². The summed E-state index contributed by atoms with van der Waals surface area (Å²) in [5.74, 6) is 0. The maximum absolute atomic E-state index is 0. The van der Waals surface area contributed by atoms with E-state index in [1.54, 1.807) is 0 Å². The number of rotatable bonds is 0. The zero-order chi connectivity index (χ0) is 0. The van der Waals surface area contributed by atoms with E-state index in [4.69, 9.17) is 0 Å². The van der Waals surface area contributed by atoms with Crippen molar-refractivity contribution in [3.8, 4) is 0 Å². The van der Waals surface area contributed by atoms with Crippen molar-refractivity contribution in [2.24, 2.45) is 0 Å². The second-order valence-electron chi connectivity index (χ2n) is 0. The van der Waals surface area contributed by atoms with Crippen LogP contribution in [-0.2, 0) is 175 Å². The summed E-state index contributed by atoms with van der Waals surface area (Å²) < 4.78 is 0. The van der Waals surface area contributed by atoms with Crippen molar-refractivity contribution in [1.29, 1.82) is 0 Å². The Kier molecular flexibility index (Phi) is 16600. The van der Waals surface area contributed by atoms with Crippen LogP contribution < -0.4 is 0 Å². The largest absolute Gasteiger partial charge is 0.412 e. The molecule has 0 amide bonds. The van der Waals surface area contributed by atoms with Crippen molar-refractivity contribution in [3.05, 3.63) is 0 Å². The molecule has 0 heterocycles. The first-order valence-electron chi connectivity index (χ1n) is 0. The van der Waals surface area contributed by atoms with Gasteiger partial charge < -0.3 is 65.7 Å². The molecule has 0 bridgehead atoms. The molecule has 12 nitrogen and oxygen atoms in total. The van der Waals surface area contributed by atoms with Gasteiger partial charge in [0.1, 0.15) is 0 Å². The Morgan fingerprint density at radius 2 is 0.0952 bits per heavy atom. The average Bonchev–Trinajstić information content (AvgIpc) is 0. The fourth-order valence-corrected chi connectivity index (χ4v) is 0. The minimum atomic E-state index is 0. The molecule has 0 saturated carbocycles. The van der Waals surface area contributed by atoms with Crippen molar-refractivity contribution in [3.63, 3.8) is 0 Å². The monoisotopic (exact) mass is 791 g/mol. The van der Waals surface area contributed by atoms with Gasteiger partial charge in [-0.15, -0.1) is 0 Å². The van der Waals surface area contributed by atoms with Crippen LogP contribution in [0.2, 0.25) is 0 Å². The summed E-state index contributed by atoms with van der Waals surface area (Å²) in [6.07, 6.45) is 0. The molecule has 24 N–H and O–H groups in total. The van der Waals surface area contributed by atoms with E-state index < -0.39 is 0 Å². The Balaban J connectivity index is 0. The standard InChI is InChI=1S/12H2O.9Zn/h12*1H2;;;;;;;;;. The van der Waals surface area contributed by atoms with Crippen LogP contribution in [0.4, 0.5) is 0 Å². The van der Waals surface area contributed by atoms with Gasteiger partial charge in [0.25, 0.3) is 0 Å². The predicted octanol–water partition coefficient (Wildman–Crippen LogP) is -9.92. The topological polar surface area (TPSA) is 378 Å². The van der Waals surface area contributed by atoms with Crippen LogP contribution in [0.15, 0.2) is 0 Å². The third kappa shape index (κ3) is 511.